The number of hydrogen-bond acceptors (Lipinski definition) is 3. The number of hydrogen-bond donors (Lipinski definition) is 1. The van der Waals surface area contributed by atoms with E-state index in [4.69, 9.17) is 11.6 Å². The molecular weight excluding hydrogens is 292 g/mol. The Morgan fingerprint density at radius 2 is 2.14 bits per heavy atom. The molecule has 1 amide bonds. The van der Waals surface area contributed by atoms with Crippen LogP contribution in [0, 0.1) is 16.0 Å². The molecule has 0 saturated carbocycles. The van der Waals surface area contributed by atoms with Crippen LogP contribution in [-0.2, 0) is 0 Å². The maximum absolute atomic E-state index is 12.1. The van der Waals surface area contributed by atoms with E-state index in [2.05, 4.69) is 19.2 Å². The number of carbonyl (C=O) groups is 1. The largest absolute Gasteiger partial charge is 0.352 e. The average molecular weight is 313 g/mol. The SMILES string of the molecule is CCCC[C@@H](CC)CNC(=O)c1cc([N+](=O)[O-])ccc1Cl. The summed E-state index contributed by atoms with van der Waals surface area (Å²) in [7, 11) is 0. The van der Waals surface area contributed by atoms with Crippen molar-refractivity contribution in [2.45, 2.75) is 39.5 Å². The topological polar surface area (TPSA) is 72.2 Å². The number of benzene rings is 1. The number of carbonyl (C=O) groups excluding carboxylic acids is 1. The van der Waals surface area contributed by atoms with Crippen molar-refractivity contribution >= 4 is 23.2 Å². The molecule has 0 bridgehead atoms. The molecule has 0 aliphatic rings. The van der Waals surface area contributed by atoms with Crippen LogP contribution in [0.1, 0.15) is 49.9 Å². The van der Waals surface area contributed by atoms with E-state index in [9.17, 15) is 14.9 Å². The summed E-state index contributed by atoms with van der Waals surface area (Å²) < 4.78 is 0. The first-order chi connectivity index (χ1) is 9.99. The number of unbranched alkanes of at least 4 members (excludes halogenated alkanes) is 1. The van der Waals surface area contributed by atoms with Crippen LogP contribution in [0.2, 0.25) is 5.02 Å². The van der Waals surface area contributed by atoms with Crippen molar-refractivity contribution in [2.75, 3.05) is 6.54 Å². The Labute approximate surface area is 129 Å². The van der Waals surface area contributed by atoms with Gasteiger partial charge in [0.15, 0.2) is 0 Å². The van der Waals surface area contributed by atoms with Gasteiger partial charge in [-0.2, -0.15) is 0 Å². The summed E-state index contributed by atoms with van der Waals surface area (Å²) in [6.45, 7) is 4.79. The first-order valence-electron chi connectivity index (χ1n) is 7.21. The van der Waals surface area contributed by atoms with Gasteiger partial charge in [0.25, 0.3) is 11.6 Å². The van der Waals surface area contributed by atoms with Gasteiger partial charge in [0.1, 0.15) is 0 Å². The summed E-state index contributed by atoms with van der Waals surface area (Å²) >= 11 is 5.95. The molecule has 0 aliphatic heterocycles. The first-order valence-corrected chi connectivity index (χ1v) is 7.59. The van der Waals surface area contributed by atoms with Crippen molar-refractivity contribution in [3.8, 4) is 0 Å². The predicted octanol–water partition coefficient (Wildman–Crippen LogP) is 4.19. The van der Waals surface area contributed by atoms with Gasteiger partial charge in [-0.15, -0.1) is 0 Å². The van der Waals surface area contributed by atoms with E-state index in [1.807, 2.05) is 0 Å². The molecule has 116 valence electrons. The van der Waals surface area contributed by atoms with Crippen molar-refractivity contribution in [2.24, 2.45) is 5.92 Å². The zero-order chi connectivity index (χ0) is 15.8. The Kier molecular flexibility index (Phi) is 7.15. The maximum Gasteiger partial charge on any atom is 0.270 e. The van der Waals surface area contributed by atoms with Crippen LogP contribution in [0.25, 0.3) is 0 Å². The summed E-state index contributed by atoms with van der Waals surface area (Å²) in [6.07, 6.45) is 4.31. The summed E-state index contributed by atoms with van der Waals surface area (Å²) in [4.78, 5) is 22.3. The molecule has 0 aliphatic carbocycles. The number of non-ortho nitro benzene ring substituents is 1. The third-order valence-electron chi connectivity index (χ3n) is 3.50. The molecule has 1 N–H and O–H groups in total. The van der Waals surface area contributed by atoms with Crippen LogP contribution in [0.5, 0.6) is 0 Å². The standard InChI is InChI=1S/C15H21ClN2O3/c1-3-5-6-11(4-2)10-17-15(19)13-9-12(18(20)21)7-8-14(13)16/h7-9,11H,3-6,10H2,1-2H3,(H,17,19)/t11-/m1/s1. The number of amides is 1. The Morgan fingerprint density at radius 1 is 1.43 bits per heavy atom. The van der Waals surface area contributed by atoms with Gasteiger partial charge in [0, 0.05) is 18.7 Å². The van der Waals surface area contributed by atoms with Gasteiger partial charge in [-0.25, -0.2) is 0 Å². The highest BCUT2D eigenvalue weighted by atomic mass is 35.5. The zero-order valence-corrected chi connectivity index (χ0v) is 13.2. The second kappa shape index (κ2) is 8.62. The third-order valence-corrected chi connectivity index (χ3v) is 3.83. The van der Waals surface area contributed by atoms with Crippen LogP contribution < -0.4 is 5.32 Å². The van der Waals surface area contributed by atoms with Crippen molar-refractivity contribution in [1.29, 1.82) is 0 Å². The van der Waals surface area contributed by atoms with Crippen molar-refractivity contribution < 1.29 is 9.72 Å². The van der Waals surface area contributed by atoms with Gasteiger partial charge < -0.3 is 5.32 Å². The number of nitrogens with zero attached hydrogens (tertiary/aromatic N) is 1. The monoisotopic (exact) mass is 312 g/mol. The molecule has 0 fully saturated rings. The highest BCUT2D eigenvalue weighted by Gasteiger charge is 2.16. The van der Waals surface area contributed by atoms with Crippen LogP contribution in [0.3, 0.4) is 0 Å². The Balaban J connectivity index is 2.70. The normalized spacial score (nSPS) is 12.0. The highest BCUT2D eigenvalue weighted by molar-refractivity contribution is 6.33. The minimum Gasteiger partial charge on any atom is -0.352 e. The summed E-state index contributed by atoms with van der Waals surface area (Å²) in [6, 6.07) is 3.88. The molecular formula is C15H21ClN2O3. The highest BCUT2D eigenvalue weighted by Crippen LogP contribution is 2.22. The number of halogens is 1. The summed E-state index contributed by atoms with van der Waals surface area (Å²) in [5.41, 5.74) is 0.0128. The minimum absolute atomic E-state index is 0.137. The van der Waals surface area contributed by atoms with E-state index < -0.39 is 4.92 Å². The maximum atomic E-state index is 12.1. The molecule has 1 rings (SSSR count). The number of nitrogens with one attached hydrogen (secondary N) is 1. The fourth-order valence-electron chi connectivity index (χ4n) is 2.08. The second-order valence-corrected chi connectivity index (χ2v) is 5.45. The van der Waals surface area contributed by atoms with Crippen LogP contribution in [0.15, 0.2) is 18.2 Å². The molecule has 0 aromatic heterocycles. The molecule has 0 heterocycles. The van der Waals surface area contributed by atoms with E-state index in [1.165, 1.54) is 18.2 Å². The molecule has 5 nitrogen and oxygen atoms in total. The average Bonchev–Trinajstić information content (AvgIpc) is 2.47. The first kappa shape index (κ1) is 17.4. The van der Waals surface area contributed by atoms with Gasteiger partial charge in [-0.1, -0.05) is 44.7 Å². The molecule has 21 heavy (non-hydrogen) atoms. The summed E-state index contributed by atoms with van der Waals surface area (Å²) in [5, 5.41) is 13.8. The molecule has 0 spiro atoms. The molecule has 1 aromatic carbocycles. The quantitative estimate of drug-likeness (QED) is 0.577. The van der Waals surface area contributed by atoms with Gasteiger partial charge >= 0.3 is 0 Å². The minimum atomic E-state index is -0.538. The lowest BCUT2D eigenvalue weighted by Crippen LogP contribution is -2.29. The van der Waals surface area contributed by atoms with E-state index >= 15 is 0 Å². The van der Waals surface area contributed by atoms with E-state index in [0.29, 0.717) is 12.5 Å². The molecule has 1 atom stereocenters. The Morgan fingerprint density at radius 3 is 2.71 bits per heavy atom. The lowest BCUT2D eigenvalue weighted by Gasteiger charge is -2.15. The Hall–Kier alpha value is -1.62. The molecule has 1 aromatic rings. The predicted molar refractivity (Wildman–Crippen MR) is 83.7 cm³/mol. The van der Waals surface area contributed by atoms with Gasteiger partial charge in [-0.05, 0) is 18.4 Å². The van der Waals surface area contributed by atoms with Gasteiger partial charge in [0.05, 0.1) is 15.5 Å². The molecule has 0 unspecified atom stereocenters. The number of nitro benzene ring substituents is 1. The van der Waals surface area contributed by atoms with Crippen LogP contribution in [-0.4, -0.2) is 17.4 Å². The van der Waals surface area contributed by atoms with Crippen molar-refractivity contribution in [1.82, 2.24) is 5.32 Å². The lowest BCUT2D eigenvalue weighted by atomic mass is 9.99. The fourth-order valence-corrected chi connectivity index (χ4v) is 2.28. The fraction of sp³-hybridized carbons (Fsp3) is 0.533. The molecule has 0 saturated heterocycles. The van der Waals surface area contributed by atoms with E-state index in [1.54, 1.807) is 0 Å². The lowest BCUT2D eigenvalue weighted by molar-refractivity contribution is -0.384. The van der Waals surface area contributed by atoms with Crippen LogP contribution in [0.4, 0.5) is 5.69 Å². The van der Waals surface area contributed by atoms with Crippen molar-refractivity contribution in [3.05, 3.63) is 38.9 Å². The number of nitro groups is 1. The van der Waals surface area contributed by atoms with Crippen molar-refractivity contribution in [3.63, 3.8) is 0 Å². The van der Waals surface area contributed by atoms with Gasteiger partial charge in [0.2, 0.25) is 0 Å². The Bertz CT molecular complexity index is 506. The second-order valence-electron chi connectivity index (χ2n) is 5.05. The third kappa shape index (κ3) is 5.34. The number of rotatable bonds is 8. The smallest absolute Gasteiger partial charge is 0.270 e. The van der Waals surface area contributed by atoms with E-state index in [-0.39, 0.29) is 22.2 Å². The molecule has 6 heteroatoms. The summed E-state index contributed by atoms with van der Waals surface area (Å²) in [5.74, 6) is 0.0602. The van der Waals surface area contributed by atoms with Gasteiger partial charge in [-0.3, -0.25) is 14.9 Å². The molecule has 0 radical (unpaired) electrons. The van der Waals surface area contributed by atoms with Crippen LogP contribution >= 0.6 is 11.6 Å². The van der Waals surface area contributed by atoms with E-state index in [0.717, 1.165) is 25.7 Å². The zero-order valence-electron chi connectivity index (χ0n) is 12.4.